The minimum absolute atomic E-state index is 0.136. The Kier molecular flexibility index (Phi) is 4.42. The lowest BCUT2D eigenvalue weighted by molar-refractivity contribution is -0.137. The number of fused-ring (bicyclic) bond motifs is 1. The maximum atomic E-state index is 12.2. The van der Waals surface area contributed by atoms with Crippen LogP contribution in [0.5, 0.6) is 0 Å². The molecule has 0 radical (unpaired) electrons. The van der Waals surface area contributed by atoms with Gasteiger partial charge in [-0.05, 0) is 38.0 Å². The summed E-state index contributed by atoms with van der Waals surface area (Å²) >= 11 is 0. The van der Waals surface area contributed by atoms with Crippen molar-refractivity contribution in [3.63, 3.8) is 0 Å². The van der Waals surface area contributed by atoms with E-state index in [1.54, 1.807) is 29.7 Å². The van der Waals surface area contributed by atoms with Gasteiger partial charge >= 0.3 is 11.7 Å². The number of aromatic nitrogens is 2. The molecule has 7 heteroatoms. The molecule has 0 saturated heterocycles. The van der Waals surface area contributed by atoms with Gasteiger partial charge < -0.3 is 15.4 Å². The van der Waals surface area contributed by atoms with Gasteiger partial charge in [0, 0.05) is 17.6 Å². The molecule has 24 heavy (non-hydrogen) atoms. The standard InChI is InChI=1S/C17H21N3O4/c1-10(8-15(21)22)18-16(23)11-6-7-14-13(9-11)19-17(24)20(14)12-4-2-3-5-12/h6-7,9-10,12H,2-5,8H2,1H3,(H,18,23)(H,19,24)(H,21,22). The van der Waals surface area contributed by atoms with Crippen molar-refractivity contribution in [2.45, 2.75) is 51.1 Å². The van der Waals surface area contributed by atoms with E-state index in [1.807, 2.05) is 0 Å². The number of nitrogens with zero attached hydrogens (tertiary/aromatic N) is 1. The fourth-order valence-electron chi connectivity index (χ4n) is 3.42. The van der Waals surface area contributed by atoms with Crippen LogP contribution in [0.25, 0.3) is 11.0 Å². The molecule has 1 aliphatic carbocycles. The van der Waals surface area contributed by atoms with Crippen molar-refractivity contribution in [2.24, 2.45) is 0 Å². The van der Waals surface area contributed by atoms with Gasteiger partial charge in [-0.3, -0.25) is 14.2 Å². The Morgan fingerprint density at radius 2 is 2.08 bits per heavy atom. The number of rotatable bonds is 5. The van der Waals surface area contributed by atoms with Crippen LogP contribution in [0.3, 0.4) is 0 Å². The fraction of sp³-hybridized carbons (Fsp3) is 0.471. The van der Waals surface area contributed by atoms with Crippen molar-refractivity contribution in [3.8, 4) is 0 Å². The summed E-state index contributed by atoms with van der Waals surface area (Å²) in [5.41, 5.74) is 1.70. The van der Waals surface area contributed by atoms with Crippen molar-refractivity contribution in [1.29, 1.82) is 0 Å². The molecule has 1 heterocycles. The summed E-state index contributed by atoms with van der Waals surface area (Å²) in [6.45, 7) is 1.64. The zero-order chi connectivity index (χ0) is 17.3. The van der Waals surface area contributed by atoms with Gasteiger partial charge in [0.05, 0.1) is 17.5 Å². The second-order valence-electron chi connectivity index (χ2n) is 6.44. The summed E-state index contributed by atoms with van der Waals surface area (Å²) in [6.07, 6.45) is 4.13. The molecule has 0 spiro atoms. The minimum Gasteiger partial charge on any atom is -0.481 e. The van der Waals surface area contributed by atoms with Crippen LogP contribution in [-0.4, -0.2) is 32.6 Å². The van der Waals surface area contributed by atoms with E-state index in [0.717, 1.165) is 31.2 Å². The third kappa shape index (κ3) is 3.20. The summed E-state index contributed by atoms with van der Waals surface area (Å²) in [5, 5.41) is 11.4. The van der Waals surface area contributed by atoms with Crippen molar-refractivity contribution >= 4 is 22.9 Å². The molecule has 128 valence electrons. The first-order valence-electron chi connectivity index (χ1n) is 8.22. The number of carbonyl (C=O) groups is 2. The summed E-state index contributed by atoms with van der Waals surface area (Å²) in [7, 11) is 0. The number of aliphatic carboxylic acids is 1. The van der Waals surface area contributed by atoms with Crippen LogP contribution in [0, 0.1) is 0 Å². The average Bonchev–Trinajstić information content (AvgIpc) is 3.11. The highest BCUT2D eigenvalue weighted by Gasteiger charge is 2.21. The van der Waals surface area contributed by atoms with Gasteiger partial charge in [0.1, 0.15) is 0 Å². The lowest BCUT2D eigenvalue weighted by atomic mass is 10.1. The highest BCUT2D eigenvalue weighted by molar-refractivity contribution is 5.97. The summed E-state index contributed by atoms with van der Waals surface area (Å²) in [4.78, 5) is 38.0. The quantitative estimate of drug-likeness (QED) is 0.780. The molecule has 1 atom stereocenters. The van der Waals surface area contributed by atoms with Crippen LogP contribution >= 0.6 is 0 Å². The van der Waals surface area contributed by atoms with Crippen molar-refractivity contribution in [1.82, 2.24) is 14.9 Å². The second-order valence-corrected chi connectivity index (χ2v) is 6.44. The average molecular weight is 331 g/mol. The molecule has 0 aliphatic heterocycles. The number of carboxylic acid groups (broad SMARTS) is 1. The number of aromatic amines is 1. The van der Waals surface area contributed by atoms with E-state index < -0.39 is 12.0 Å². The van der Waals surface area contributed by atoms with Crippen LogP contribution < -0.4 is 11.0 Å². The molecule has 3 N–H and O–H groups in total. The Labute approximate surface area is 138 Å². The first-order valence-corrected chi connectivity index (χ1v) is 8.22. The highest BCUT2D eigenvalue weighted by atomic mass is 16.4. The number of hydrogen-bond acceptors (Lipinski definition) is 3. The smallest absolute Gasteiger partial charge is 0.326 e. The summed E-state index contributed by atoms with van der Waals surface area (Å²) in [6, 6.07) is 4.85. The predicted molar refractivity (Wildman–Crippen MR) is 89.2 cm³/mol. The van der Waals surface area contributed by atoms with E-state index in [1.165, 1.54) is 0 Å². The Morgan fingerprint density at radius 1 is 1.38 bits per heavy atom. The van der Waals surface area contributed by atoms with E-state index in [-0.39, 0.29) is 24.1 Å². The summed E-state index contributed by atoms with van der Waals surface area (Å²) < 4.78 is 1.79. The van der Waals surface area contributed by atoms with Gasteiger partial charge in [0.15, 0.2) is 0 Å². The van der Waals surface area contributed by atoms with Crippen LogP contribution in [0.1, 0.15) is 55.4 Å². The molecule has 3 rings (SSSR count). The van der Waals surface area contributed by atoms with E-state index in [0.29, 0.717) is 11.1 Å². The number of carboxylic acids is 1. The van der Waals surface area contributed by atoms with Crippen molar-refractivity contribution in [3.05, 3.63) is 34.2 Å². The van der Waals surface area contributed by atoms with Gasteiger partial charge in [0.2, 0.25) is 0 Å². The van der Waals surface area contributed by atoms with E-state index in [9.17, 15) is 14.4 Å². The van der Waals surface area contributed by atoms with Gasteiger partial charge in [-0.2, -0.15) is 0 Å². The minimum atomic E-state index is -0.962. The normalized spacial score (nSPS) is 16.4. The topological polar surface area (TPSA) is 104 Å². The third-order valence-corrected chi connectivity index (χ3v) is 4.53. The SMILES string of the molecule is CC(CC(=O)O)NC(=O)c1ccc2c(c1)[nH]c(=O)n2C1CCCC1. The lowest BCUT2D eigenvalue weighted by Crippen LogP contribution is -2.34. The van der Waals surface area contributed by atoms with E-state index in [4.69, 9.17) is 5.11 Å². The Bertz CT molecular complexity index is 830. The number of H-pyrrole nitrogens is 1. The van der Waals surface area contributed by atoms with Crippen LogP contribution in [0.15, 0.2) is 23.0 Å². The van der Waals surface area contributed by atoms with E-state index >= 15 is 0 Å². The van der Waals surface area contributed by atoms with Crippen LogP contribution in [0.2, 0.25) is 0 Å². The Balaban J connectivity index is 1.85. The monoisotopic (exact) mass is 331 g/mol. The number of hydrogen-bond donors (Lipinski definition) is 3. The van der Waals surface area contributed by atoms with Crippen LogP contribution in [-0.2, 0) is 4.79 Å². The zero-order valence-corrected chi connectivity index (χ0v) is 13.5. The molecule has 1 fully saturated rings. The van der Waals surface area contributed by atoms with Gasteiger partial charge in [-0.1, -0.05) is 12.8 Å². The number of carbonyl (C=O) groups excluding carboxylic acids is 1. The third-order valence-electron chi connectivity index (χ3n) is 4.53. The zero-order valence-electron chi connectivity index (χ0n) is 13.5. The maximum Gasteiger partial charge on any atom is 0.326 e. The predicted octanol–water partition coefficient (Wildman–Crippen LogP) is 2.04. The molecule has 1 unspecified atom stereocenters. The largest absolute Gasteiger partial charge is 0.481 e. The number of nitrogens with one attached hydrogen (secondary N) is 2. The fourth-order valence-corrected chi connectivity index (χ4v) is 3.42. The number of imidazole rings is 1. The summed E-state index contributed by atoms with van der Waals surface area (Å²) in [5.74, 6) is -1.31. The molecule has 1 aromatic carbocycles. The molecular formula is C17H21N3O4. The lowest BCUT2D eigenvalue weighted by Gasteiger charge is -2.13. The Morgan fingerprint density at radius 3 is 2.75 bits per heavy atom. The Hall–Kier alpha value is -2.57. The first-order chi connectivity index (χ1) is 11.5. The van der Waals surface area contributed by atoms with Crippen molar-refractivity contribution in [2.75, 3.05) is 0 Å². The van der Waals surface area contributed by atoms with Crippen molar-refractivity contribution < 1.29 is 14.7 Å². The van der Waals surface area contributed by atoms with E-state index in [2.05, 4.69) is 10.3 Å². The first kappa shape index (κ1) is 16.3. The molecule has 2 aromatic rings. The number of amides is 1. The highest BCUT2D eigenvalue weighted by Crippen LogP contribution is 2.30. The molecule has 1 saturated carbocycles. The van der Waals surface area contributed by atoms with Gasteiger partial charge in [-0.15, -0.1) is 0 Å². The van der Waals surface area contributed by atoms with Crippen LogP contribution in [0.4, 0.5) is 0 Å². The molecule has 7 nitrogen and oxygen atoms in total. The molecule has 1 amide bonds. The van der Waals surface area contributed by atoms with Gasteiger partial charge in [0.25, 0.3) is 5.91 Å². The number of benzene rings is 1. The van der Waals surface area contributed by atoms with Gasteiger partial charge in [-0.25, -0.2) is 4.79 Å². The second kappa shape index (κ2) is 6.51. The maximum absolute atomic E-state index is 12.2. The molecular weight excluding hydrogens is 310 g/mol. The molecule has 1 aliphatic rings. The molecule has 1 aromatic heterocycles. The molecule has 0 bridgehead atoms.